The highest BCUT2D eigenvalue weighted by Gasteiger charge is 2.16. The van der Waals surface area contributed by atoms with Crippen LogP contribution < -0.4 is 5.32 Å². The lowest BCUT2D eigenvalue weighted by molar-refractivity contribution is 0.0764. The first-order valence-corrected chi connectivity index (χ1v) is 7.85. The smallest absolute Gasteiger partial charge is 0.273 e. The van der Waals surface area contributed by atoms with Crippen LogP contribution in [0, 0.1) is 11.6 Å². The number of thiazole rings is 1. The number of aliphatic hydroxyl groups excluding tert-OH is 1. The van der Waals surface area contributed by atoms with E-state index in [1.54, 1.807) is 19.4 Å². The maximum absolute atomic E-state index is 13.1. The second kappa shape index (κ2) is 7.47. The second-order valence-electron chi connectivity index (χ2n) is 5.19. The molecule has 1 atom stereocenters. The van der Waals surface area contributed by atoms with Gasteiger partial charge in [0.1, 0.15) is 17.3 Å². The molecule has 0 fully saturated rings. The van der Waals surface area contributed by atoms with Crippen molar-refractivity contribution >= 4 is 28.1 Å². The number of aliphatic hydroxyl groups is 1. The van der Waals surface area contributed by atoms with Gasteiger partial charge in [-0.3, -0.25) is 4.79 Å². The van der Waals surface area contributed by atoms with Gasteiger partial charge in [-0.05, 0) is 25.5 Å². The molecule has 0 aliphatic rings. The largest absolute Gasteiger partial charge is 0.393 e. The number of benzene rings is 1. The number of halogens is 2. The molecule has 1 amide bonds. The topological polar surface area (TPSA) is 65.5 Å². The molecule has 1 aromatic carbocycles. The molecule has 1 aromatic heterocycles. The lowest BCUT2D eigenvalue weighted by Gasteiger charge is -2.16. The van der Waals surface area contributed by atoms with Gasteiger partial charge in [0.15, 0.2) is 5.13 Å². The Balaban J connectivity index is 2.03. The quantitative estimate of drug-likeness (QED) is 0.848. The van der Waals surface area contributed by atoms with Gasteiger partial charge in [0.25, 0.3) is 5.91 Å². The maximum atomic E-state index is 13.1. The van der Waals surface area contributed by atoms with Gasteiger partial charge in [0, 0.05) is 30.7 Å². The van der Waals surface area contributed by atoms with Crippen molar-refractivity contribution in [3.8, 4) is 0 Å². The minimum atomic E-state index is -0.696. The van der Waals surface area contributed by atoms with E-state index in [1.165, 1.54) is 4.90 Å². The SMILES string of the molecule is C[C@@H](O)CCN(C)C(=O)c1csc(Nc2cc(F)cc(F)c2)n1. The van der Waals surface area contributed by atoms with Crippen molar-refractivity contribution in [2.45, 2.75) is 19.4 Å². The molecule has 0 spiro atoms. The molecule has 0 bridgehead atoms. The minimum Gasteiger partial charge on any atom is -0.393 e. The zero-order chi connectivity index (χ0) is 17.0. The molecule has 0 aliphatic carbocycles. The number of nitrogens with one attached hydrogen (secondary N) is 1. The van der Waals surface area contributed by atoms with Crippen LogP contribution in [-0.2, 0) is 0 Å². The molecular formula is C15H17F2N3O2S. The lowest BCUT2D eigenvalue weighted by atomic mass is 10.2. The Morgan fingerprint density at radius 3 is 2.65 bits per heavy atom. The van der Waals surface area contributed by atoms with Crippen molar-refractivity contribution in [2.75, 3.05) is 18.9 Å². The summed E-state index contributed by atoms with van der Waals surface area (Å²) in [5.74, 6) is -1.67. The summed E-state index contributed by atoms with van der Waals surface area (Å²) in [5, 5.41) is 13.9. The van der Waals surface area contributed by atoms with Crippen molar-refractivity contribution < 1.29 is 18.7 Å². The number of nitrogens with zero attached hydrogens (tertiary/aromatic N) is 2. The van der Waals surface area contributed by atoms with Crippen molar-refractivity contribution in [3.05, 3.63) is 40.9 Å². The van der Waals surface area contributed by atoms with Crippen LogP contribution in [0.15, 0.2) is 23.6 Å². The van der Waals surface area contributed by atoms with Crippen LogP contribution in [0.5, 0.6) is 0 Å². The number of carbonyl (C=O) groups is 1. The Labute approximate surface area is 136 Å². The average molecular weight is 341 g/mol. The van der Waals surface area contributed by atoms with E-state index in [9.17, 15) is 18.7 Å². The Kier molecular flexibility index (Phi) is 5.62. The van der Waals surface area contributed by atoms with Crippen LogP contribution in [0.4, 0.5) is 19.6 Å². The first kappa shape index (κ1) is 17.3. The number of hydrogen-bond donors (Lipinski definition) is 2. The molecule has 0 aliphatic heterocycles. The van der Waals surface area contributed by atoms with E-state index in [4.69, 9.17) is 0 Å². The van der Waals surface area contributed by atoms with E-state index in [2.05, 4.69) is 10.3 Å². The third-order valence-electron chi connectivity index (χ3n) is 3.07. The normalized spacial score (nSPS) is 12.0. The summed E-state index contributed by atoms with van der Waals surface area (Å²) in [6.07, 6.45) is -0.0131. The predicted octanol–water partition coefficient (Wildman–Crippen LogP) is 3.01. The van der Waals surface area contributed by atoms with Gasteiger partial charge in [-0.15, -0.1) is 11.3 Å². The Bertz CT molecular complexity index is 671. The van der Waals surface area contributed by atoms with Crippen LogP contribution in [0.2, 0.25) is 0 Å². The maximum Gasteiger partial charge on any atom is 0.273 e. The fourth-order valence-corrected chi connectivity index (χ4v) is 2.56. The molecule has 0 unspecified atom stereocenters. The number of carbonyl (C=O) groups excluding carboxylic acids is 1. The van der Waals surface area contributed by atoms with Crippen molar-refractivity contribution in [3.63, 3.8) is 0 Å². The van der Waals surface area contributed by atoms with E-state index < -0.39 is 17.7 Å². The van der Waals surface area contributed by atoms with Crippen LogP contribution in [0.25, 0.3) is 0 Å². The van der Waals surface area contributed by atoms with Gasteiger partial charge < -0.3 is 15.3 Å². The van der Waals surface area contributed by atoms with Crippen LogP contribution >= 0.6 is 11.3 Å². The van der Waals surface area contributed by atoms with Crippen molar-refractivity contribution in [1.82, 2.24) is 9.88 Å². The lowest BCUT2D eigenvalue weighted by Crippen LogP contribution is -2.29. The zero-order valence-corrected chi connectivity index (χ0v) is 13.5. The van der Waals surface area contributed by atoms with E-state index in [0.717, 1.165) is 29.5 Å². The Morgan fingerprint density at radius 2 is 2.04 bits per heavy atom. The molecule has 5 nitrogen and oxygen atoms in total. The molecule has 23 heavy (non-hydrogen) atoms. The van der Waals surface area contributed by atoms with E-state index in [1.807, 2.05) is 0 Å². The van der Waals surface area contributed by atoms with Gasteiger partial charge in [0.2, 0.25) is 0 Å². The second-order valence-corrected chi connectivity index (χ2v) is 6.04. The minimum absolute atomic E-state index is 0.221. The fourth-order valence-electron chi connectivity index (χ4n) is 1.86. The molecule has 1 heterocycles. The van der Waals surface area contributed by atoms with Gasteiger partial charge in [0.05, 0.1) is 6.10 Å². The van der Waals surface area contributed by atoms with Crippen LogP contribution in [0.3, 0.4) is 0 Å². The summed E-state index contributed by atoms with van der Waals surface area (Å²) >= 11 is 1.16. The molecule has 8 heteroatoms. The third kappa shape index (κ3) is 4.97. The average Bonchev–Trinajstić information content (AvgIpc) is 2.91. The molecule has 2 aromatic rings. The fraction of sp³-hybridized carbons (Fsp3) is 0.333. The van der Waals surface area contributed by atoms with E-state index in [-0.39, 0.29) is 17.3 Å². The van der Waals surface area contributed by atoms with Crippen molar-refractivity contribution in [1.29, 1.82) is 0 Å². The highest BCUT2D eigenvalue weighted by molar-refractivity contribution is 7.14. The van der Waals surface area contributed by atoms with Crippen LogP contribution in [0.1, 0.15) is 23.8 Å². The Morgan fingerprint density at radius 1 is 1.39 bits per heavy atom. The monoisotopic (exact) mass is 341 g/mol. The zero-order valence-electron chi connectivity index (χ0n) is 12.7. The van der Waals surface area contributed by atoms with Crippen molar-refractivity contribution in [2.24, 2.45) is 0 Å². The molecular weight excluding hydrogens is 324 g/mol. The summed E-state index contributed by atoms with van der Waals surface area (Å²) in [5.41, 5.74) is 0.459. The van der Waals surface area contributed by atoms with E-state index in [0.29, 0.717) is 18.1 Å². The standard InChI is InChI=1S/C15H17F2N3O2S/c1-9(21)3-4-20(2)14(22)13-8-23-15(19-13)18-12-6-10(16)5-11(17)7-12/h5-9,21H,3-4H2,1-2H3,(H,18,19)/t9-/m1/s1. The molecule has 0 saturated heterocycles. The summed E-state index contributed by atoms with van der Waals surface area (Å²) in [4.78, 5) is 17.8. The first-order valence-electron chi connectivity index (χ1n) is 6.97. The van der Waals surface area contributed by atoms with Gasteiger partial charge >= 0.3 is 0 Å². The summed E-state index contributed by atoms with van der Waals surface area (Å²) in [6, 6.07) is 3.06. The molecule has 0 radical (unpaired) electrons. The molecule has 2 N–H and O–H groups in total. The van der Waals surface area contributed by atoms with Gasteiger partial charge in [-0.25, -0.2) is 13.8 Å². The third-order valence-corrected chi connectivity index (χ3v) is 3.82. The van der Waals surface area contributed by atoms with E-state index >= 15 is 0 Å². The number of anilines is 2. The number of hydrogen-bond acceptors (Lipinski definition) is 5. The molecule has 124 valence electrons. The summed E-state index contributed by atoms with van der Waals surface area (Å²) < 4.78 is 26.3. The highest BCUT2D eigenvalue weighted by Crippen LogP contribution is 2.23. The van der Waals surface area contributed by atoms with Gasteiger partial charge in [-0.2, -0.15) is 0 Å². The highest BCUT2D eigenvalue weighted by atomic mass is 32.1. The number of amides is 1. The molecule has 2 rings (SSSR count). The first-order chi connectivity index (χ1) is 10.8. The van der Waals surface area contributed by atoms with Crippen LogP contribution in [-0.4, -0.2) is 40.6 Å². The van der Waals surface area contributed by atoms with Gasteiger partial charge in [-0.1, -0.05) is 0 Å². The summed E-state index contributed by atoms with van der Waals surface area (Å²) in [6.45, 7) is 2.06. The predicted molar refractivity (Wildman–Crippen MR) is 85.0 cm³/mol. The molecule has 0 saturated carbocycles. The summed E-state index contributed by atoms with van der Waals surface area (Å²) in [7, 11) is 1.62. The number of aromatic nitrogens is 1. The Hall–Kier alpha value is -2.06. The number of rotatable bonds is 6.